The third-order valence-corrected chi connectivity index (χ3v) is 6.24. The molecule has 2 heterocycles. The number of rotatable bonds is 3. The van der Waals surface area contributed by atoms with Crippen molar-refractivity contribution in [2.24, 2.45) is 0 Å². The van der Waals surface area contributed by atoms with Gasteiger partial charge in [-0.2, -0.15) is 0 Å². The SMILES string of the molecule is OC1C(SCc2ccccc2)OCC2OC3(CCCCC3)OC21. The number of thioether (sulfide) groups is 1. The molecule has 1 aliphatic carbocycles. The van der Waals surface area contributed by atoms with E-state index in [9.17, 15) is 5.11 Å². The van der Waals surface area contributed by atoms with Gasteiger partial charge in [-0.05, 0) is 18.4 Å². The van der Waals surface area contributed by atoms with Crippen LogP contribution in [0.3, 0.4) is 0 Å². The first kappa shape index (κ1) is 15.9. The molecule has 126 valence electrons. The van der Waals surface area contributed by atoms with Gasteiger partial charge in [-0.25, -0.2) is 0 Å². The molecule has 0 aromatic heterocycles. The second-order valence-electron chi connectivity index (χ2n) is 6.70. The molecular formula is C18H24O4S. The van der Waals surface area contributed by atoms with Crippen LogP contribution >= 0.6 is 11.8 Å². The Kier molecular flexibility index (Phi) is 4.65. The summed E-state index contributed by atoms with van der Waals surface area (Å²) >= 11 is 1.63. The smallest absolute Gasteiger partial charge is 0.169 e. The standard InChI is InChI=1S/C18H24O4S/c19-15-16-14(21-18(22-16)9-5-2-6-10-18)11-20-17(15)23-12-13-7-3-1-4-8-13/h1,3-4,7-8,14-17,19H,2,5-6,9-12H2. The summed E-state index contributed by atoms with van der Waals surface area (Å²) in [4.78, 5) is 0. The van der Waals surface area contributed by atoms with Gasteiger partial charge in [0.2, 0.25) is 0 Å². The average Bonchev–Trinajstić information content (AvgIpc) is 2.94. The Balaban J connectivity index is 1.38. The lowest BCUT2D eigenvalue weighted by Gasteiger charge is -2.34. The van der Waals surface area contributed by atoms with E-state index < -0.39 is 11.9 Å². The van der Waals surface area contributed by atoms with Crippen LogP contribution in [0.5, 0.6) is 0 Å². The highest BCUT2D eigenvalue weighted by Crippen LogP contribution is 2.44. The maximum atomic E-state index is 10.7. The first-order valence-corrected chi connectivity index (χ1v) is 9.61. The third kappa shape index (κ3) is 3.30. The summed E-state index contributed by atoms with van der Waals surface area (Å²) in [5.41, 5.74) is 0.988. The van der Waals surface area contributed by atoms with Crippen LogP contribution in [0.1, 0.15) is 37.7 Å². The monoisotopic (exact) mass is 336 g/mol. The third-order valence-electron chi connectivity index (χ3n) is 5.00. The van der Waals surface area contributed by atoms with E-state index in [0.717, 1.165) is 31.4 Å². The topological polar surface area (TPSA) is 47.9 Å². The van der Waals surface area contributed by atoms with Gasteiger partial charge in [0.15, 0.2) is 5.79 Å². The Morgan fingerprint density at radius 1 is 1.09 bits per heavy atom. The molecule has 2 aliphatic heterocycles. The van der Waals surface area contributed by atoms with Gasteiger partial charge < -0.3 is 19.3 Å². The van der Waals surface area contributed by atoms with E-state index in [4.69, 9.17) is 14.2 Å². The molecule has 0 radical (unpaired) electrons. The van der Waals surface area contributed by atoms with Gasteiger partial charge in [0.05, 0.1) is 6.61 Å². The summed E-state index contributed by atoms with van der Waals surface area (Å²) in [5.74, 6) is 0.364. The van der Waals surface area contributed by atoms with Crippen LogP contribution in [0.25, 0.3) is 0 Å². The van der Waals surface area contributed by atoms with E-state index in [-0.39, 0.29) is 17.6 Å². The fraction of sp³-hybridized carbons (Fsp3) is 0.667. The molecule has 1 N–H and O–H groups in total. The van der Waals surface area contributed by atoms with Crippen LogP contribution in [0.4, 0.5) is 0 Å². The second-order valence-corrected chi connectivity index (χ2v) is 7.79. The number of hydrogen-bond acceptors (Lipinski definition) is 5. The fourth-order valence-electron chi connectivity index (χ4n) is 3.78. The highest BCUT2D eigenvalue weighted by molar-refractivity contribution is 7.99. The Morgan fingerprint density at radius 3 is 2.65 bits per heavy atom. The molecule has 23 heavy (non-hydrogen) atoms. The van der Waals surface area contributed by atoms with Gasteiger partial charge in [0, 0.05) is 18.6 Å². The largest absolute Gasteiger partial charge is 0.387 e. The van der Waals surface area contributed by atoms with Crippen LogP contribution in [0.15, 0.2) is 30.3 Å². The highest BCUT2D eigenvalue weighted by Gasteiger charge is 2.54. The molecule has 0 bridgehead atoms. The quantitative estimate of drug-likeness (QED) is 0.919. The predicted octanol–water partition coefficient (Wildman–Crippen LogP) is 3.08. The van der Waals surface area contributed by atoms with Crippen LogP contribution in [0.2, 0.25) is 0 Å². The molecule has 4 nitrogen and oxygen atoms in total. The molecule has 4 unspecified atom stereocenters. The Morgan fingerprint density at radius 2 is 1.87 bits per heavy atom. The lowest BCUT2D eigenvalue weighted by molar-refractivity contribution is -0.198. The molecule has 4 rings (SSSR count). The number of ether oxygens (including phenoxy) is 3. The van der Waals surface area contributed by atoms with Crippen LogP contribution in [-0.2, 0) is 20.0 Å². The zero-order chi connectivity index (χ0) is 15.7. The summed E-state index contributed by atoms with van der Waals surface area (Å²) in [7, 11) is 0. The minimum Gasteiger partial charge on any atom is -0.387 e. The maximum Gasteiger partial charge on any atom is 0.169 e. The Hall–Kier alpha value is -0.590. The Bertz CT molecular complexity index is 517. The summed E-state index contributed by atoms with van der Waals surface area (Å²) in [6, 6.07) is 10.3. The van der Waals surface area contributed by atoms with Gasteiger partial charge in [-0.3, -0.25) is 0 Å². The van der Waals surface area contributed by atoms with Gasteiger partial charge in [0.1, 0.15) is 23.7 Å². The number of benzene rings is 1. The van der Waals surface area contributed by atoms with Crippen LogP contribution in [0, 0.1) is 0 Å². The summed E-state index contributed by atoms with van der Waals surface area (Å²) < 4.78 is 18.2. The van der Waals surface area contributed by atoms with Crippen LogP contribution in [-0.4, -0.2) is 41.2 Å². The highest BCUT2D eigenvalue weighted by atomic mass is 32.2. The van der Waals surface area contributed by atoms with Crippen molar-refractivity contribution in [3.8, 4) is 0 Å². The minimum atomic E-state index is -0.635. The van der Waals surface area contributed by atoms with E-state index >= 15 is 0 Å². The molecule has 1 saturated carbocycles. The zero-order valence-corrected chi connectivity index (χ0v) is 14.0. The van der Waals surface area contributed by atoms with E-state index in [2.05, 4.69) is 12.1 Å². The van der Waals surface area contributed by atoms with Gasteiger partial charge in [0.25, 0.3) is 0 Å². The van der Waals surface area contributed by atoms with Crippen molar-refractivity contribution < 1.29 is 19.3 Å². The summed E-state index contributed by atoms with van der Waals surface area (Å²) in [6.45, 7) is 0.510. The number of aliphatic hydroxyl groups excluding tert-OH is 1. The second kappa shape index (κ2) is 6.73. The van der Waals surface area contributed by atoms with Crippen molar-refractivity contribution in [2.75, 3.05) is 6.61 Å². The van der Waals surface area contributed by atoms with E-state index in [0.29, 0.717) is 6.61 Å². The van der Waals surface area contributed by atoms with E-state index in [1.807, 2.05) is 18.2 Å². The van der Waals surface area contributed by atoms with Gasteiger partial charge in [-0.15, -0.1) is 11.8 Å². The van der Waals surface area contributed by atoms with Crippen molar-refractivity contribution >= 4 is 11.8 Å². The number of aliphatic hydroxyl groups is 1. The average molecular weight is 336 g/mol. The van der Waals surface area contributed by atoms with Crippen LogP contribution < -0.4 is 0 Å². The minimum absolute atomic E-state index is 0.128. The van der Waals surface area contributed by atoms with Gasteiger partial charge in [-0.1, -0.05) is 36.8 Å². The zero-order valence-electron chi connectivity index (χ0n) is 13.2. The van der Waals surface area contributed by atoms with Crippen molar-refractivity contribution in [1.82, 2.24) is 0 Å². The molecule has 4 atom stereocenters. The molecule has 5 heteroatoms. The molecule has 0 amide bonds. The molecule has 2 saturated heterocycles. The molecule has 3 aliphatic rings. The van der Waals surface area contributed by atoms with Crippen molar-refractivity contribution in [1.29, 1.82) is 0 Å². The molecule has 1 aromatic rings. The number of fused-ring (bicyclic) bond motifs is 1. The normalized spacial score (nSPS) is 36.0. The fourth-order valence-corrected chi connectivity index (χ4v) is 4.86. The van der Waals surface area contributed by atoms with E-state index in [1.165, 1.54) is 12.0 Å². The van der Waals surface area contributed by atoms with Crippen molar-refractivity contribution in [2.45, 2.75) is 67.4 Å². The lowest BCUT2D eigenvalue weighted by atomic mass is 9.94. The molecule has 1 aromatic carbocycles. The Labute approximate surface area is 141 Å². The first-order chi connectivity index (χ1) is 11.3. The first-order valence-electron chi connectivity index (χ1n) is 8.57. The summed E-state index contributed by atoms with van der Waals surface area (Å²) in [5, 5.41) is 10.7. The van der Waals surface area contributed by atoms with Crippen molar-refractivity contribution in [3.63, 3.8) is 0 Å². The van der Waals surface area contributed by atoms with Crippen molar-refractivity contribution in [3.05, 3.63) is 35.9 Å². The lowest BCUT2D eigenvalue weighted by Crippen LogP contribution is -2.50. The maximum absolute atomic E-state index is 10.7. The summed E-state index contributed by atoms with van der Waals surface area (Å²) in [6.07, 6.45) is 4.39. The van der Waals surface area contributed by atoms with Gasteiger partial charge >= 0.3 is 0 Å². The number of hydrogen-bond donors (Lipinski definition) is 1. The molecule has 1 spiro atoms. The van der Waals surface area contributed by atoms with E-state index in [1.54, 1.807) is 11.8 Å². The molecule has 3 fully saturated rings. The molecular weight excluding hydrogens is 312 g/mol. The predicted molar refractivity (Wildman–Crippen MR) is 89.0 cm³/mol.